The number of carbonyl (C=O) groups is 1. The summed E-state index contributed by atoms with van der Waals surface area (Å²) in [6, 6.07) is 5.39. The lowest BCUT2D eigenvalue weighted by atomic mass is 10.1. The molecule has 0 spiro atoms. The van der Waals surface area contributed by atoms with Crippen LogP contribution in [0.15, 0.2) is 22.7 Å². The molecule has 1 amide bonds. The van der Waals surface area contributed by atoms with Crippen molar-refractivity contribution in [2.75, 3.05) is 13.7 Å². The normalized spacial score (nSPS) is 22.3. The highest BCUT2D eigenvalue weighted by molar-refractivity contribution is 9.10. The van der Waals surface area contributed by atoms with Gasteiger partial charge in [-0.25, -0.2) is 0 Å². The number of amides is 1. The van der Waals surface area contributed by atoms with Crippen LogP contribution < -0.4 is 10.1 Å². The Kier molecular flexibility index (Phi) is 4.86. The summed E-state index contributed by atoms with van der Waals surface area (Å²) in [6.45, 7) is 3.06. The van der Waals surface area contributed by atoms with Crippen LogP contribution in [0.3, 0.4) is 0 Å². The molecule has 0 aromatic heterocycles. The molecule has 1 aromatic carbocycles. The second kappa shape index (κ2) is 6.42. The van der Waals surface area contributed by atoms with Gasteiger partial charge in [0.05, 0.1) is 11.6 Å². The molecule has 1 fully saturated rings. The molecule has 104 valence electrons. The van der Waals surface area contributed by atoms with E-state index < -0.39 is 0 Å². The van der Waals surface area contributed by atoms with Gasteiger partial charge in [-0.2, -0.15) is 0 Å². The van der Waals surface area contributed by atoms with Gasteiger partial charge in [0.2, 0.25) is 0 Å². The lowest BCUT2D eigenvalue weighted by molar-refractivity contribution is 0.0947. The molecule has 1 N–H and O–H groups in total. The molecule has 2 unspecified atom stereocenters. The maximum Gasteiger partial charge on any atom is 0.251 e. The van der Waals surface area contributed by atoms with Crippen LogP contribution in [-0.4, -0.2) is 19.6 Å². The van der Waals surface area contributed by atoms with Crippen LogP contribution in [0.2, 0.25) is 0 Å². The summed E-state index contributed by atoms with van der Waals surface area (Å²) < 4.78 is 5.96. The van der Waals surface area contributed by atoms with E-state index in [-0.39, 0.29) is 5.91 Å². The Bertz CT molecular complexity index is 461. The maximum atomic E-state index is 12.1. The summed E-state index contributed by atoms with van der Waals surface area (Å²) in [4.78, 5) is 12.1. The van der Waals surface area contributed by atoms with Gasteiger partial charge in [-0.15, -0.1) is 0 Å². The lowest BCUT2D eigenvalue weighted by Crippen LogP contribution is -2.28. The van der Waals surface area contributed by atoms with Gasteiger partial charge in [-0.1, -0.05) is 13.3 Å². The van der Waals surface area contributed by atoms with Crippen molar-refractivity contribution in [1.82, 2.24) is 5.32 Å². The third kappa shape index (κ3) is 3.72. The van der Waals surface area contributed by atoms with Crippen molar-refractivity contribution in [3.8, 4) is 5.75 Å². The first-order valence-electron chi connectivity index (χ1n) is 6.72. The fourth-order valence-electron chi connectivity index (χ4n) is 2.66. The number of methoxy groups -OCH3 is 1. The minimum Gasteiger partial charge on any atom is -0.496 e. The van der Waals surface area contributed by atoms with Gasteiger partial charge in [0, 0.05) is 12.1 Å². The van der Waals surface area contributed by atoms with Gasteiger partial charge in [0.15, 0.2) is 0 Å². The fraction of sp³-hybridized carbons (Fsp3) is 0.533. The molecule has 1 aliphatic rings. The molecule has 4 heteroatoms. The quantitative estimate of drug-likeness (QED) is 0.918. The summed E-state index contributed by atoms with van der Waals surface area (Å²) in [6.07, 6.45) is 3.75. The standard InChI is InChI=1S/C15H20BrNO2/c1-10-3-4-11(7-10)9-17-15(18)12-5-6-14(19-2)13(16)8-12/h5-6,8,10-11H,3-4,7,9H2,1-2H3,(H,17,18). The van der Waals surface area contributed by atoms with Gasteiger partial charge >= 0.3 is 0 Å². The SMILES string of the molecule is COc1ccc(C(=O)NCC2CCC(C)C2)cc1Br. The molecule has 1 saturated carbocycles. The van der Waals surface area contributed by atoms with Crippen LogP contribution in [0.4, 0.5) is 0 Å². The van der Waals surface area contributed by atoms with E-state index in [0.29, 0.717) is 11.5 Å². The predicted molar refractivity (Wildman–Crippen MR) is 79.5 cm³/mol. The number of halogens is 1. The first kappa shape index (κ1) is 14.4. The second-order valence-corrected chi connectivity index (χ2v) is 6.20. The smallest absolute Gasteiger partial charge is 0.251 e. The highest BCUT2D eigenvalue weighted by Crippen LogP contribution is 2.30. The Morgan fingerprint density at radius 3 is 2.84 bits per heavy atom. The molecule has 2 atom stereocenters. The number of ether oxygens (including phenoxy) is 1. The van der Waals surface area contributed by atoms with Gasteiger partial charge in [-0.3, -0.25) is 4.79 Å². The first-order valence-corrected chi connectivity index (χ1v) is 7.51. The van der Waals surface area contributed by atoms with E-state index in [9.17, 15) is 4.79 Å². The van der Waals surface area contributed by atoms with Crippen LogP contribution in [-0.2, 0) is 0 Å². The Labute approximate surface area is 122 Å². The summed E-state index contributed by atoms with van der Waals surface area (Å²) in [5, 5.41) is 3.03. The highest BCUT2D eigenvalue weighted by atomic mass is 79.9. The monoisotopic (exact) mass is 325 g/mol. The summed E-state index contributed by atoms with van der Waals surface area (Å²) in [5.41, 5.74) is 0.665. The Balaban J connectivity index is 1.91. The average molecular weight is 326 g/mol. The van der Waals surface area contributed by atoms with Gasteiger partial charge in [0.1, 0.15) is 5.75 Å². The van der Waals surface area contributed by atoms with Crippen LogP contribution >= 0.6 is 15.9 Å². The highest BCUT2D eigenvalue weighted by Gasteiger charge is 2.21. The average Bonchev–Trinajstić information content (AvgIpc) is 2.81. The zero-order valence-electron chi connectivity index (χ0n) is 11.4. The first-order chi connectivity index (χ1) is 9.10. The predicted octanol–water partition coefficient (Wildman–Crippen LogP) is 3.62. The molecular formula is C15H20BrNO2. The van der Waals surface area contributed by atoms with E-state index in [1.807, 2.05) is 0 Å². The Hall–Kier alpha value is -1.03. The molecule has 0 radical (unpaired) electrons. The van der Waals surface area contributed by atoms with Gasteiger partial charge < -0.3 is 10.1 Å². The Morgan fingerprint density at radius 2 is 2.26 bits per heavy atom. The maximum absolute atomic E-state index is 12.1. The molecule has 0 aliphatic heterocycles. The molecule has 0 heterocycles. The minimum atomic E-state index is -0.0112. The van der Waals surface area contributed by atoms with Crippen molar-refractivity contribution in [2.45, 2.75) is 26.2 Å². The van der Waals surface area contributed by atoms with Crippen molar-refractivity contribution in [2.24, 2.45) is 11.8 Å². The van der Waals surface area contributed by atoms with E-state index in [0.717, 1.165) is 22.7 Å². The van der Waals surface area contributed by atoms with Crippen LogP contribution in [0.5, 0.6) is 5.75 Å². The number of rotatable bonds is 4. The largest absolute Gasteiger partial charge is 0.496 e. The van der Waals surface area contributed by atoms with Crippen molar-refractivity contribution in [3.63, 3.8) is 0 Å². The second-order valence-electron chi connectivity index (χ2n) is 5.34. The molecule has 1 aromatic rings. The molecular weight excluding hydrogens is 306 g/mol. The third-order valence-corrected chi connectivity index (χ3v) is 4.39. The molecule has 1 aliphatic carbocycles. The minimum absolute atomic E-state index is 0.0112. The summed E-state index contributed by atoms with van der Waals surface area (Å²) >= 11 is 3.40. The van der Waals surface area contributed by atoms with E-state index >= 15 is 0 Å². The molecule has 0 saturated heterocycles. The van der Waals surface area contributed by atoms with Crippen molar-refractivity contribution >= 4 is 21.8 Å². The topological polar surface area (TPSA) is 38.3 Å². The number of hydrogen-bond acceptors (Lipinski definition) is 2. The van der Waals surface area contributed by atoms with Gasteiger partial charge in [0.25, 0.3) is 5.91 Å². The van der Waals surface area contributed by atoms with Gasteiger partial charge in [-0.05, 0) is 58.8 Å². The zero-order chi connectivity index (χ0) is 13.8. The van der Waals surface area contributed by atoms with Crippen LogP contribution in [0, 0.1) is 11.8 Å². The third-order valence-electron chi connectivity index (χ3n) is 3.77. The van der Waals surface area contributed by atoms with E-state index in [4.69, 9.17) is 4.74 Å². The van der Waals surface area contributed by atoms with E-state index in [1.54, 1.807) is 25.3 Å². The van der Waals surface area contributed by atoms with Crippen molar-refractivity contribution in [1.29, 1.82) is 0 Å². The van der Waals surface area contributed by atoms with Crippen molar-refractivity contribution in [3.05, 3.63) is 28.2 Å². The molecule has 3 nitrogen and oxygen atoms in total. The number of benzene rings is 1. The number of nitrogens with one attached hydrogen (secondary N) is 1. The summed E-state index contributed by atoms with van der Waals surface area (Å²) in [5.74, 6) is 2.17. The molecule has 0 bridgehead atoms. The lowest BCUT2D eigenvalue weighted by Gasteiger charge is -2.12. The fourth-order valence-corrected chi connectivity index (χ4v) is 3.20. The van der Waals surface area contributed by atoms with Crippen LogP contribution in [0.25, 0.3) is 0 Å². The molecule has 2 rings (SSSR count). The van der Waals surface area contributed by atoms with E-state index in [1.165, 1.54) is 19.3 Å². The number of carbonyl (C=O) groups excluding carboxylic acids is 1. The number of hydrogen-bond donors (Lipinski definition) is 1. The van der Waals surface area contributed by atoms with E-state index in [2.05, 4.69) is 28.2 Å². The summed E-state index contributed by atoms with van der Waals surface area (Å²) in [7, 11) is 1.61. The zero-order valence-corrected chi connectivity index (χ0v) is 13.0. The van der Waals surface area contributed by atoms with Crippen LogP contribution in [0.1, 0.15) is 36.5 Å². The Morgan fingerprint density at radius 1 is 1.47 bits per heavy atom. The molecule has 19 heavy (non-hydrogen) atoms. The van der Waals surface area contributed by atoms with Crippen molar-refractivity contribution < 1.29 is 9.53 Å².